The fourth-order valence-electron chi connectivity index (χ4n) is 3.22. The van der Waals surface area contributed by atoms with Crippen LogP contribution in [0.3, 0.4) is 0 Å². The van der Waals surface area contributed by atoms with Gasteiger partial charge < -0.3 is 10.4 Å². The molecule has 2 aliphatic rings. The minimum absolute atomic E-state index is 0.424. The van der Waals surface area contributed by atoms with E-state index in [-0.39, 0.29) is 0 Å². The highest BCUT2D eigenvalue weighted by molar-refractivity contribution is 5.79. The molecule has 3 heteroatoms. The van der Waals surface area contributed by atoms with Gasteiger partial charge in [-0.2, -0.15) is 0 Å². The average Bonchev–Trinajstić information content (AvgIpc) is 2.76. The first-order valence-corrected chi connectivity index (χ1v) is 6.27. The monoisotopic (exact) mass is 231 g/mol. The van der Waals surface area contributed by atoms with Gasteiger partial charge in [0.1, 0.15) is 5.54 Å². The molecule has 2 unspecified atom stereocenters. The number of carboxylic acids is 1. The van der Waals surface area contributed by atoms with E-state index in [1.807, 2.05) is 6.07 Å². The summed E-state index contributed by atoms with van der Waals surface area (Å²) in [5.41, 5.74) is 2.07. The van der Waals surface area contributed by atoms with Crippen molar-refractivity contribution >= 4 is 5.97 Å². The highest BCUT2D eigenvalue weighted by Crippen LogP contribution is 2.42. The van der Waals surface area contributed by atoms with Crippen molar-refractivity contribution in [3.63, 3.8) is 0 Å². The highest BCUT2D eigenvalue weighted by Gasteiger charge is 2.44. The number of carboxylic acid groups (broad SMARTS) is 1. The molecule has 1 aromatic carbocycles. The van der Waals surface area contributed by atoms with Gasteiger partial charge in [-0.15, -0.1) is 0 Å². The Balaban J connectivity index is 1.78. The number of fused-ring (bicyclic) bond motifs is 1. The molecule has 3 nitrogen and oxygen atoms in total. The molecule has 1 aromatic rings. The van der Waals surface area contributed by atoms with Crippen LogP contribution in [-0.4, -0.2) is 23.2 Å². The molecule has 0 spiro atoms. The molecule has 90 valence electrons. The molecule has 17 heavy (non-hydrogen) atoms. The number of hydrogen-bond acceptors (Lipinski definition) is 2. The minimum atomic E-state index is -0.681. The molecule has 3 rings (SSSR count). The molecular formula is C14H17NO2. The first-order valence-electron chi connectivity index (χ1n) is 6.27. The summed E-state index contributed by atoms with van der Waals surface area (Å²) in [4.78, 5) is 11.4. The van der Waals surface area contributed by atoms with Gasteiger partial charge >= 0.3 is 5.97 Å². The molecule has 1 saturated heterocycles. The molecule has 0 amide bonds. The quantitative estimate of drug-likeness (QED) is 0.835. The molecular weight excluding hydrogens is 214 g/mol. The van der Waals surface area contributed by atoms with Gasteiger partial charge in [-0.1, -0.05) is 24.3 Å². The Morgan fingerprint density at radius 3 is 2.94 bits per heavy atom. The molecule has 0 bridgehead atoms. The lowest BCUT2D eigenvalue weighted by Crippen LogP contribution is -2.49. The van der Waals surface area contributed by atoms with E-state index in [1.54, 1.807) is 0 Å². The number of aliphatic carboxylic acids is 1. The third-order valence-corrected chi connectivity index (χ3v) is 4.21. The molecule has 1 fully saturated rings. The van der Waals surface area contributed by atoms with Crippen LogP contribution in [0.4, 0.5) is 0 Å². The first-order chi connectivity index (χ1) is 8.21. The van der Waals surface area contributed by atoms with Crippen LogP contribution in [0.25, 0.3) is 0 Å². The van der Waals surface area contributed by atoms with Crippen LogP contribution in [0.2, 0.25) is 0 Å². The SMILES string of the molecule is O=C(O)C1(CC2Cc3ccccc32)CCCN1. The summed E-state index contributed by atoms with van der Waals surface area (Å²) in [6.07, 6.45) is 3.51. The van der Waals surface area contributed by atoms with Crippen LogP contribution in [0.5, 0.6) is 0 Å². The Kier molecular flexibility index (Phi) is 2.44. The maximum absolute atomic E-state index is 11.4. The van der Waals surface area contributed by atoms with Crippen LogP contribution < -0.4 is 5.32 Å². The Morgan fingerprint density at radius 2 is 2.29 bits per heavy atom. The van der Waals surface area contributed by atoms with Crippen LogP contribution in [-0.2, 0) is 11.2 Å². The Labute approximate surface area is 101 Å². The zero-order valence-corrected chi connectivity index (χ0v) is 9.78. The van der Waals surface area contributed by atoms with Crippen molar-refractivity contribution in [1.82, 2.24) is 5.32 Å². The van der Waals surface area contributed by atoms with Crippen LogP contribution in [0, 0.1) is 0 Å². The Hall–Kier alpha value is -1.35. The minimum Gasteiger partial charge on any atom is -0.480 e. The molecule has 2 N–H and O–H groups in total. The Bertz CT molecular complexity index is 449. The van der Waals surface area contributed by atoms with Gasteiger partial charge in [0.2, 0.25) is 0 Å². The number of carbonyl (C=O) groups is 1. The first kappa shape index (κ1) is 10.8. The molecule has 0 saturated carbocycles. The summed E-state index contributed by atoms with van der Waals surface area (Å²) < 4.78 is 0. The van der Waals surface area contributed by atoms with Crippen LogP contribution >= 0.6 is 0 Å². The van der Waals surface area contributed by atoms with Crippen molar-refractivity contribution in [2.45, 2.75) is 37.1 Å². The summed E-state index contributed by atoms with van der Waals surface area (Å²) in [7, 11) is 0. The van der Waals surface area contributed by atoms with Gasteiger partial charge in [-0.25, -0.2) is 0 Å². The summed E-state index contributed by atoms with van der Waals surface area (Å²) in [6, 6.07) is 8.37. The lowest BCUT2D eigenvalue weighted by molar-refractivity contribution is -0.144. The van der Waals surface area contributed by atoms with Gasteiger partial charge in [-0.3, -0.25) is 4.79 Å². The lowest BCUT2D eigenvalue weighted by Gasteiger charge is -2.36. The second-order valence-electron chi connectivity index (χ2n) is 5.22. The van der Waals surface area contributed by atoms with Crippen molar-refractivity contribution in [1.29, 1.82) is 0 Å². The molecule has 0 radical (unpaired) electrons. The number of rotatable bonds is 3. The van der Waals surface area contributed by atoms with Gasteiger partial charge in [0.25, 0.3) is 0 Å². The molecule has 0 aromatic heterocycles. The fraction of sp³-hybridized carbons (Fsp3) is 0.500. The van der Waals surface area contributed by atoms with E-state index < -0.39 is 11.5 Å². The van der Waals surface area contributed by atoms with Gasteiger partial charge in [0, 0.05) is 0 Å². The third-order valence-electron chi connectivity index (χ3n) is 4.21. The van der Waals surface area contributed by atoms with Gasteiger partial charge in [0.05, 0.1) is 0 Å². The fourth-order valence-corrected chi connectivity index (χ4v) is 3.22. The van der Waals surface area contributed by atoms with Crippen LogP contribution in [0.15, 0.2) is 24.3 Å². The molecule has 2 atom stereocenters. The largest absolute Gasteiger partial charge is 0.480 e. The number of nitrogens with one attached hydrogen (secondary N) is 1. The summed E-state index contributed by atoms with van der Waals surface area (Å²) in [6.45, 7) is 0.834. The molecule has 1 heterocycles. The normalized spacial score (nSPS) is 30.7. The summed E-state index contributed by atoms with van der Waals surface area (Å²) in [5.74, 6) is -0.257. The van der Waals surface area contributed by atoms with Crippen molar-refractivity contribution in [2.24, 2.45) is 0 Å². The second kappa shape index (κ2) is 3.84. The van der Waals surface area contributed by atoms with Crippen molar-refractivity contribution in [2.75, 3.05) is 6.54 Å². The van der Waals surface area contributed by atoms with Crippen molar-refractivity contribution in [3.8, 4) is 0 Å². The van der Waals surface area contributed by atoms with Crippen molar-refractivity contribution < 1.29 is 9.90 Å². The van der Waals surface area contributed by atoms with E-state index in [0.717, 1.165) is 32.2 Å². The lowest BCUT2D eigenvalue weighted by atomic mass is 9.71. The summed E-state index contributed by atoms with van der Waals surface area (Å²) in [5, 5.41) is 12.6. The number of hydrogen-bond donors (Lipinski definition) is 2. The van der Waals surface area contributed by atoms with E-state index in [0.29, 0.717) is 5.92 Å². The highest BCUT2D eigenvalue weighted by atomic mass is 16.4. The van der Waals surface area contributed by atoms with Crippen molar-refractivity contribution in [3.05, 3.63) is 35.4 Å². The smallest absolute Gasteiger partial charge is 0.323 e. The van der Waals surface area contributed by atoms with E-state index in [2.05, 4.69) is 23.5 Å². The third kappa shape index (κ3) is 1.65. The topological polar surface area (TPSA) is 49.3 Å². The average molecular weight is 231 g/mol. The standard InChI is InChI=1S/C14H17NO2/c16-13(17)14(6-3-7-15-14)9-11-8-10-4-1-2-5-12(10)11/h1-2,4-5,11,15H,3,6-9H2,(H,16,17). The molecule has 1 aliphatic heterocycles. The maximum Gasteiger partial charge on any atom is 0.323 e. The van der Waals surface area contributed by atoms with Gasteiger partial charge in [-0.05, 0) is 49.3 Å². The zero-order valence-electron chi connectivity index (χ0n) is 9.78. The Morgan fingerprint density at radius 1 is 1.47 bits per heavy atom. The van der Waals surface area contributed by atoms with E-state index >= 15 is 0 Å². The molecule has 1 aliphatic carbocycles. The van der Waals surface area contributed by atoms with E-state index in [9.17, 15) is 9.90 Å². The predicted molar refractivity (Wildman–Crippen MR) is 65.1 cm³/mol. The predicted octanol–water partition coefficient (Wildman–Crippen LogP) is 1.92. The van der Waals surface area contributed by atoms with Gasteiger partial charge in [0.15, 0.2) is 0 Å². The second-order valence-corrected chi connectivity index (χ2v) is 5.22. The van der Waals surface area contributed by atoms with Crippen LogP contribution in [0.1, 0.15) is 36.3 Å². The van der Waals surface area contributed by atoms with E-state index in [4.69, 9.17) is 0 Å². The number of benzene rings is 1. The maximum atomic E-state index is 11.4. The van der Waals surface area contributed by atoms with E-state index in [1.165, 1.54) is 11.1 Å². The summed E-state index contributed by atoms with van der Waals surface area (Å²) >= 11 is 0. The zero-order chi connectivity index (χ0) is 11.9.